The van der Waals surface area contributed by atoms with Crippen LogP contribution in [-0.4, -0.2) is 25.7 Å². The van der Waals surface area contributed by atoms with Crippen LogP contribution < -0.4 is 5.32 Å². The van der Waals surface area contributed by atoms with Crippen LogP contribution in [-0.2, 0) is 20.0 Å². The highest BCUT2D eigenvalue weighted by Gasteiger charge is 2.16. The number of imidazole rings is 1. The Morgan fingerprint density at radius 3 is 2.63 bits per heavy atom. The van der Waals surface area contributed by atoms with E-state index in [2.05, 4.69) is 51.7 Å². The summed E-state index contributed by atoms with van der Waals surface area (Å²) in [7, 11) is 1.92. The first-order valence-electron chi connectivity index (χ1n) is 8.97. The zero-order valence-corrected chi connectivity index (χ0v) is 15.4. The third-order valence-electron chi connectivity index (χ3n) is 4.79. The number of carbonyl (C=O) groups excluding carboxylic acids is 1. The van der Waals surface area contributed by atoms with Gasteiger partial charge in [-0.25, -0.2) is 4.98 Å². The maximum absolute atomic E-state index is 12.7. The molecule has 0 atom stereocenters. The van der Waals surface area contributed by atoms with E-state index < -0.39 is 0 Å². The molecule has 0 saturated heterocycles. The summed E-state index contributed by atoms with van der Waals surface area (Å²) in [6, 6.07) is 13.9. The normalized spacial score (nSPS) is 11.0. The monoisotopic (exact) mass is 359 g/mol. The molecule has 0 fully saturated rings. The lowest BCUT2D eigenvalue weighted by atomic mass is 10.1. The fourth-order valence-electron chi connectivity index (χ4n) is 3.18. The Labute approximate surface area is 157 Å². The van der Waals surface area contributed by atoms with Crippen LogP contribution in [0.2, 0.25) is 0 Å². The van der Waals surface area contributed by atoms with Gasteiger partial charge in [0.05, 0.1) is 29.3 Å². The van der Waals surface area contributed by atoms with Crippen molar-refractivity contribution in [3.8, 4) is 11.4 Å². The number of hydrogen-bond acceptors (Lipinski definition) is 3. The molecule has 27 heavy (non-hydrogen) atoms. The van der Waals surface area contributed by atoms with Gasteiger partial charge in [-0.05, 0) is 23.6 Å². The molecule has 0 aliphatic carbocycles. The van der Waals surface area contributed by atoms with E-state index in [9.17, 15) is 4.79 Å². The van der Waals surface area contributed by atoms with Crippen LogP contribution >= 0.6 is 0 Å². The van der Waals surface area contributed by atoms with Gasteiger partial charge in [-0.3, -0.25) is 9.89 Å². The molecule has 6 heteroatoms. The molecule has 2 heterocycles. The molecule has 6 nitrogen and oxygen atoms in total. The minimum atomic E-state index is -0.125. The second-order valence-corrected chi connectivity index (χ2v) is 6.54. The lowest BCUT2D eigenvalue weighted by Gasteiger charge is -2.07. The first kappa shape index (κ1) is 17.0. The maximum Gasteiger partial charge on any atom is 0.253 e. The van der Waals surface area contributed by atoms with Gasteiger partial charge < -0.3 is 9.88 Å². The maximum atomic E-state index is 12.7. The van der Waals surface area contributed by atoms with Crippen molar-refractivity contribution in [3.63, 3.8) is 0 Å². The third-order valence-corrected chi connectivity index (χ3v) is 4.79. The van der Waals surface area contributed by atoms with Gasteiger partial charge in [0.15, 0.2) is 0 Å². The summed E-state index contributed by atoms with van der Waals surface area (Å²) < 4.78 is 1.91. The zero-order chi connectivity index (χ0) is 18.8. The number of H-pyrrole nitrogens is 1. The molecule has 0 bridgehead atoms. The van der Waals surface area contributed by atoms with E-state index in [-0.39, 0.29) is 5.91 Å². The van der Waals surface area contributed by atoms with Crippen LogP contribution in [0.3, 0.4) is 0 Å². The number of amides is 1. The van der Waals surface area contributed by atoms with Gasteiger partial charge in [0.1, 0.15) is 5.69 Å². The summed E-state index contributed by atoms with van der Waals surface area (Å²) in [5.74, 6) is -0.125. The Hall–Kier alpha value is -3.41. The van der Waals surface area contributed by atoms with Crippen LogP contribution in [0.5, 0.6) is 0 Å². The summed E-state index contributed by atoms with van der Waals surface area (Å²) in [5.41, 5.74) is 5.36. The third kappa shape index (κ3) is 3.21. The van der Waals surface area contributed by atoms with Crippen LogP contribution in [0.25, 0.3) is 22.3 Å². The van der Waals surface area contributed by atoms with E-state index in [1.54, 1.807) is 12.5 Å². The second-order valence-electron chi connectivity index (χ2n) is 6.54. The molecular formula is C21H21N5O. The summed E-state index contributed by atoms with van der Waals surface area (Å²) in [6.45, 7) is 2.61. The van der Waals surface area contributed by atoms with Crippen LogP contribution in [0, 0.1) is 0 Å². The summed E-state index contributed by atoms with van der Waals surface area (Å²) in [5, 5.41) is 11.3. The van der Waals surface area contributed by atoms with Crippen LogP contribution in [0.1, 0.15) is 28.4 Å². The van der Waals surface area contributed by atoms with Crippen molar-refractivity contribution in [1.29, 1.82) is 0 Å². The predicted octanol–water partition coefficient (Wildman–Crippen LogP) is 3.46. The van der Waals surface area contributed by atoms with Gasteiger partial charge in [-0.15, -0.1) is 0 Å². The molecule has 0 spiro atoms. The molecular weight excluding hydrogens is 338 g/mol. The smallest absolute Gasteiger partial charge is 0.253 e. The minimum Gasteiger partial charge on any atom is -0.348 e. The summed E-state index contributed by atoms with van der Waals surface area (Å²) >= 11 is 0. The van der Waals surface area contributed by atoms with Crippen molar-refractivity contribution >= 4 is 16.8 Å². The van der Waals surface area contributed by atoms with Crippen molar-refractivity contribution < 1.29 is 4.79 Å². The van der Waals surface area contributed by atoms with Crippen molar-refractivity contribution in [2.75, 3.05) is 0 Å². The Kier molecular flexibility index (Phi) is 4.46. The quantitative estimate of drug-likeness (QED) is 0.573. The fraction of sp³-hybridized carbons (Fsp3) is 0.190. The largest absolute Gasteiger partial charge is 0.348 e. The Morgan fingerprint density at radius 2 is 1.93 bits per heavy atom. The molecule has 2 aromatic carbocycles. The number of aromatic amines is 1. The number of aryl methyl sites for hydroxylation is 2. The molecule has 0 aliphatic rings. The number of nitrogens with zero attached hydrogens (tertiary/aromatic N) is 3. The number of fused-ring (bicyclic) bond motifs is 1. The highest BCUT2D eigenvalue weighted by Crippen LogP contribution is 2.27. The highest BCUT2D eigenvalue weighted by molar-refractivity contribution is 6.08. The van der Waals surface area contributed by atoms with Crippen LogP contribution in [0.4, 0.5) is 0 Å². The van der Waals surface area contributed by atoms with E-state index in [0.29, 0.717) is 12.1 Å². The minimum absolute atomic E-state index is 0.125. The van der Waals surface area contributed by atoms with Gasteiger partial charge in [-0.1, -0.05) is 43.3 Å². The van der Waals surface area contributed by atoms with E-state index in [1.807, 2.05) is 29.8 Å². The number of nitrogens with one attached hydrogen (secondary N) is 2. The van der Waals surface area contributed by atoms with E-state index in [1.165, 1.54) is 5.56 Å². The van der Waals surface area contributed by atoms with Crippen LogP contribution in [0.15, 0.2) is 55.0 Å². The average Bonchev–Trinajstić information content (AvgIpc) is 3.31. The van der Waals surface area contributed by atoms with Gasteiger partial charge in [-0.2, -0.15) is 5.10 Å². The van der Waals surface area contributed by atoms with Crippen molar-refractivity contribution in [1.82, 2.24) is 25.1 Å². The molecule has 2 aromatic heterocycles. The van der Waals surface area contributed by atoms with Gasteiger partial charge in [0.25, 0.3) is 5.91 Å². The Morgan fingerprint density at radius 1 is 1.15 bits per heavy atom. The molecule has 0 aliphatic heterocycles. The number of para-hydroxylation sites is 1. The number of benzene rings is 2. The van der Waals surface area contributed by atoms with Crippen molar-refractivity contribution in [2.24, 2.45) is 7.05 Å². The predicted molar refractivity (Wildman–Crippen MR) is 105 cm³/mol. The molecule has 0 radical (unpaired) electrons. The number of rotatable bonds is 5. The number of hydrogen-bond donors (Lipinski definition) is 2. The second kappa shape index (κ2) is 7.07. The fourth-order valence-corrected chi connectivity index (χ4v) is 3.18. The standard InChI is InChI=1S/C21H21N5O/c1-3-14-7-9-15(10-8-14)11-23-21(27)17-6-4-5-16-19(17)24-25-20(16)18-12-22-13-26(18)2/h4-10,12-13H,3,11H2,1-2H3,(H,23,27)(H,24,25). The van der Waals surface area contributed by atoms with Gasteiger partial charge in [0, 0.05) is 19.0 Å². The van der Waals surface area contributed by atoms with Crippen molar-refractivity contribution in [2.45, 2.75) is 19.9 Å². The molecule has 4 rings (SSSR count). The van der Waals surface area contributed by atoms with E-state index >= 15 is 0 Å². The Balaban J connectivity index is 1.58. The first-order valence-corrected chi connectivity index (χ1v) is 8.97. The topological polar surface area (TPSA) is 75.6 Å². The number of aromatic nitrogens is 4. The summed E-state index contributed by atoms with van der Waals surface area (Å²) in [6.07, 6.45) is 4.51. The number of carbonyl (C=O) groups is 1. The van der Waals surface area contributed by atoms with E-state index in [4.69, 9.17) is 0 Å². The van der Waals surface area contributed by atoms with Gasteiger partial charge >= 0.3 is 0 Å². The Bertz CT molecular complexity index is 1090. The molecule has 2 N–H and O–H groups in total. The van der Waals surface area contributed by atoms with Crippen molar-refractivity contribution in [3.05, 3.63) is 71.7 Å². The molecule has 136 valence electrons. The lowest BCUT2D eigenvalue weighted by Crippen LogP contribution is -2.23. The van der Waals surface area contributed by atoms with Gasteiger partial charge in [0.2, 0.25) is 0 Å². The first-order chi connectivity index (χ1) is 13.2. The molecule has 4 aromatic rings. The molecule has 0 saturated carbocycles. The highest BCUT2D eigenvalue weighted by atomic mass is 16.1. The zero-order valence-electron chi connectivity index (χ0n) is 15.4. The lowest BCUT2D eigenvalue weighted by molar-refractivity contribution is 0.0952. The molecule has 1 amide bonds. The SMILES string of the molecule is CCc1ccc(CNC(=O)c2cccc3c(-c4cncn4C)n[nH]c23)cc1. The average molecular weight is 359 g/mol. The summed E-state index contributed by atoms with van der Waals surface area (Å²) in [4.78, 5) is 16.9. The molecule has 0 unspecified atom stereocenters. The van der Waals surface area contributed by atoms with E-state index in [0.717, 1.165) is 34.3 Å².